The van der Waals surface area contributed by atoms with Crippen LogP contribution in [0.15, 0.2) is 45.6 Å². The molecule has 0 amide bonds. The third kappa shape index (κ3) is 4.43. The fourth-order valence-electron chi connectivity index (χ4n) is 4.36. The number of ether oxygens (including phenoxy) is 1. The van der Waals surface area contributed by atoms with Crippen LogP contribution in [0.4, 0.5) is 4.39 Å². The van der Waals surface area contributed by atoms with Gasteiger partial charge in [-0.15, -0.1) is 0 Å². The Labute approximate surface area is 176 Å². The molecule has 3 aromatic rings. The summed E-state index contributed by atoms with van der Waals surface area (Å²) in [6.07, 6.45) is 9.40. The third-order valence-corrected chi connectivity index (χ3v) is 6.05. The van der Waals surface area contributed by atoms with Crippen LogP contribution in [0, 0.1) is 5.82 Å². The zero-order chi connectivity index (χ0) is 20.9. The van der Waals surface area contributed by atoms with E-state index in [0.717, 1.165) is 60.6 Å². The maximum absolute atomic E-state index is 14.0. The van der Waals surface area contributed by atoms with Gasteiger partial charge in [-0.05, 0) is 61.8 Å². The molecule has 0 N–H and O–H groups in total. The van der Waals surface area contributed by atoms with E-state index in [1.54, 1.807) is 18.2 Å². The number of aryl methyl sites for hydroxylation is 2. The van der Waals surface area contributed by atoms with Crippen LogP contribution in [-0.2, 0) is 25.9 Å². The van der Waals surface area contributed by atoms with Gasteiger partial charge in [-0.3, -0.25) is 0 Å². The number of hydrogen-bond donors (Lipinski definition) is 0. The fourth-order valence-corrected chi connectivity index (χ4v) is 4.36. The Kier molecular flexibility index (Phi) is 6.51. The molecule has 1 heterocycles. The normalized spacial score (nSPS) is 13.4. The number of fused-ring (bicyclic) bond motifs is 3. The molecule has 0 radical (unpaired) electrons. The van der Waals surface area contributed by atoms with Gasteiger partial charge in [0.05, 0.1) is 0 Å². The van der Waals surface area contributed by atoms with Gasteiger partial charge in [0.2, 0.25) is 0 Å². The van der Waals surface area contributed by atoms with Gasteiger partial charge in [-0.1, -0.05) is 44.4 Å². The highest BCUT2D eigenvalue weighted by atomic mass is 19.1. The minimum atomic E-state index is -0.275. The summed E-state index contributed by atoms with van der Waals surface area (Å²) < 4.78 is 25.8. The molecule has 2 aromatic carbocycles. The average molecular weight is 409 g/mol. The molecule has 0 saturated carbocycles. The van der Waals surface area contributed by atoms with E-state index in [4.69, 9.17) is 9.15 Å². The van der Waals surface area contributed by atoms with Crippen molar-refractivity contribution in [2.24, 2.45) is 0 Å². The van der Waals surface area contributed by atoms with Crippen molar-refractivity contribution in [1.82, 2.24) is 0 Å². The quantitative estimate of drug-likeness (QED) is 0.315. The lowest BCUT2D eigenvalue weighted by atomic mass is 9.89. The number of rotatable bonds is 8. The Hall–Kier alpha value is -2.62. The molecule has 0 spiro atoms. The fraction of sp³-hybridized carbons (Fsp3) is 0.423. The van der Waals surface area contributed by atoms with E-state index in [9.17, 15) is 9.18 Å². The van der Waals surface area contributed by atoms with Crippen molar-refractivity contribution >= 4 is 11.0 Å². The summed E-state index contributed by atoms with van der Waals surface area (Å²) in [6, 6.07) is 10.6. The van der Waals surface area contributed by atoms with Gasteiger partial charge in [0.1, 0.15) is 23.8 Å². The summed E-state index contributed by atoms with van der Waals surface area (Å²) in [5, 5.41) is 1.04. The number of halogens is 1. The second kappa shape index (κ2) is 9.46. The largest absolute Gasteiger partial charge is 0.488 e. The SMILES string of the molecule is CCCCCCc1cc2c3c(c(=O)oc2cc1OCc1ccccc1F)CCCC3. The van der Waals surface area contributed by atoms with Crippen LogP contribution in [0.1, 0.15) is 67.7 Å². The number of benzene rings is 2. The topological polar surface area (TPSA) is 39.4 Å². The van der Waals surface area contributed by atoms with Crippen molar-refractivity contribution in [2.75, 3.05) is 0 Å². The summed E-state index contributed by atoms with van der Waals surface area (Å²) in [5.74, 6) is 0.407. The van der Waals surface area contributed by atoms with Crippen LogP contribution in [0.2, 0.25) is 0 Å². The maximum Gasteiger partial charge on any atom is 0.339 e. The van der Waals surface area contributed by atoms with Crippen LogP contribution in [-0.4, -0.2) is 0 Å². The molecule has 1 aliphatic carbocycles. The lowest BCUT2D eigenvalue weighted by Crippen LogP contribution is -2.16. The smallest absolute Gasteiger partial charge is 0.339 e. The van der Waals surface area contributed by atoms with Gasteiger partial charge >= 0.3 is 5.63 Å². The molecule has 30 heavy (non-hydrogen) atoms. The lowest BCUT2D eigenvalue weighted by Gasteiger charge is -2.18. The second-order valence-corrected chi connectivity index (χ2v) is 8.20. The second-order valence-electron chi connectivity index (χ2n) is 8.20. The minimum Gasteiger partial charge on any atom is -0.488 e. The van der Waals surface area contributed by atoms with E-state index in [2.05, 4.69) is 13.0 Å². The number of unbranched alkanes of at least 4 members (excludes halogenated alkanes) is 3. The monoisotopic (exact) mass is 408 g/mol. The zero-order valence-corrected chi connectivity index (χ0v) is 17.6. The van der Waals surface area contributed by atoms with E-state index in [1.807, 2.05) is 6.07 Å². The van der Waals surface area contributed by atoms with Crippen LogP contribution < -0.4 is 10.4 Å². The van der Waals surface area contributed by atoms with E-state index >= 15 is 0 Å². The highest BCUT2D eigenvalue weighted by Crippen LogP contribution is 2.33. The summed E-state index contributed by atoms with van der Waals surface area (Å²) >= 11 is 0. The first-order chi connectivity index (χ1) is 14.7. The van der Waals surface area contributed by atoms with Crippen molar-refractivity contribution < 1.29 is 13.5 Å². The lowest BCUT2D eigenvalue weighted by molar-refractivity contribution is 0.296. The van der Waals surface area contributed by atoms with Gasteiger partial charge in [0, 0.05) is 22.6 Å². The van der Waals surface area contributed by atoms with Crippen molar-refractivity contribution in [1.29, 1.82) is 0 Å². The van der Waals surface area contributed by atoms with Crippen molar-refractivity contribution in [3.8, 4) is 5.75 Å². The number of hydrogen-bond acceptors (Lipinski definition) is 3. The molecule has 1 aromatic heterocycles. The van der Waals surface area contributed by atoms with Gasteiger partial charge < -0.3 is 9.15 Å². The van der Waals surface area contributed by atoms with Gasteiger partial charge in [-0.25, -0.2) is 9.18 Å². The molecular weight excluding hydrogens is 379 g/mol. The molecule has 0 bridgehead atoms. The molecule has 1 aliphatic rings. The van der Waals surface area contributed by atoms with E-state index in [-0.39, 0.29) is 18.0 Å². The molecule has 0 saturated heterocycles. The summed E-state index contributed by atoms with van der Waals surface area (Å²) in [6.45, 7) is 2.35. The first-order valence-corrected chi connectivity index (χ1v) is 11.1. The van der Waals surface area contributed by atoms with Gasteiger partial charge in [0.15, 0.2) is 0 Å². The Morgan fingerprint density at radius 3 is 2.60 bits per heavy atom. The van der Waals surface area contributed by atoms with Crippen LogP contribution >= 0.6 is 0 Å². The first-order valence-electron chi connectivity index (χ1n) is 11.1. The molecule has 3 nitrogen and oxygen atoms in total. The van der Waals surface area contributed by atoms with E-state index in [1.165, 1.54) is 25.3 Å². The molecule has 0 fully saturated rings. The van der Waals surface area contributed by atoms with Crippen molar-refractivity contribution in [2.45, 2.75) is 71.3 Å². The molecule has 158 valence electrons. The average Bonchev–Trinajstić information content (AvgIpc) is 2.76. The van der Waals surface area contributed by atoms with Crippen molar-refractivity contribution in [3.63, 3.8) is 0 Å². The Morgan fingerprint density at radius 1 is 1.00 bits per heavy atom. The molecule has 0 atom stereocenters. The summed E-state index contributed by atoms with van der Waals surface area (Å²) in [7, 11) is 0. The summed E-state index contributed by atoms with van der Waals surface area (Å²) in [4.78, 5) is 12.5. The van der Waals surface area contributed by atoms with Crippen LogP contribution in [0.5, 0.6) is 5.75 Å². The highest BCUT2D eigenvalue weighted by molar-refractivity contribution is 5.84. The van der Waals surface area contributed by atoms with Crippen LogP contribution in [0.3, 0.4) is 0 Å². The minimum absolute atomic E-state index is 0.148. The Morgan fingerprint density at radius 2 is 1.80 bits per heavy atom. The van der Waals surface area contributed by atoms with Gasteiger partial charge in [-0.2, -0.15) is 0 Å². The highest BCUT2D eigenvalue weighted by Gasteiger charge is 2.20. The Balaban J connectivity index is 1.70. The Bertz CT molecular complexity index is 1080. The third-order valence-electron chi connectivity index (χ3n) is 6.05. The molecular formula is C26H29FO3. The predicted molar refractivity (Wildman–Crippen MR) is 118 cm³/mol. The van der Waals surface area contributed by atoms with Crippen LogP contribution in [0.25, 0.3) is 11.0 Å². The van der Waals surface area contributed by atoms with E-state index < -0.39 is 0 Å². The molecule has 4 heteroatoms. The first kappa shape index (κ1) is 20.6. The zero-order valence-electron chi connectivity index (χ0n) is 17.6. The maximum atomic E-state index is 14.0. The molecule has 0 aliphatic heterocycles. The molecule has 0 unspecified atom stereocenters. The predicted octanol–water partition coefficient (Wildman–Crippen LogP) is 6.51. The van der Waals surface area contributed by atoms with Crippen molar-refractivity contribution in [3.05, 3.63) is 74.9 Å². The summed E-state index contributed by atoms with van der Waals surface area (Å²) in [5.41, 5.74) is 3.95. The van der Waals surface area contributed by atoms with Gasteiger partial charge in [0.25, 0.3) is 0 Å². The van der Waals surface area contributed by atoms with E-state index in [0.29, 0.717) is 16.9 Å². The standard InChI is InChI=1S/C26H29FO3/c1-2-3-4-5-10-18-15-22-20-12-7-8-13-21(20)26(28)30-25(22)16-24(18)29-17-19-11-6-9-14-23(19)27/h6,9,11,14-16H,2-5,7-8,10,12-13,17H2,1H3. The molecule has 4 rings (SSSR count).